The summed E-state index contributed by atoms with van der Waals surface area (Å²) in [5, 5.41) is 10.8. The molecule has 0 aliphatic heterocycles. The molecule has 0 saturated heterocycles. The van der Waals surface area contributed by atoms with E-state index in [0.29, 0.717) is 0 Å². The average molecular weight is 310 g/mol. The zero-order valence-electron chi connectivity index (χ0n) is 13.1. The van der Waals surface area contributed by atoms with Gasteiger partial charge in [-0.1, -0.05) is 60.7 Å². The smallest absolute Gasteiger partial charge is 0.222 e. The topological polar surface area (TPSA) is 81.8 Å². The van der Waals surface area contributed by atoms with E-state index in [-0.39, 0.29) is 0 Å². The van der Waals surface area contributed by atoms with Gasteiger partial charge in [-0.2, -0.15) is 0 Å². The molecule has 4 heteroatoms. The number of carbonyl (C=O) groups excluding carboxylic acids is 2. The largest absolute Gasteiger partial charge is 0.231 e. The molecule has 0 unspecified atom stereocenters. The van der Waals surface area contributed by atoms with Crippen LogP contribution in [0.1, 0.15) is 11.1 Å². The van der Waals surface area contributed by atoms with Crippen LogP contribution >= 0.6 is 0 Å². The number of benzene rings is 2. The summed E-state index contributed by atoms with van der Waals surface area (Å²) >= 11 is 0. The Morgan fingerprint density at radius 3 is 1.09 bits per heavy atom. The second-order valence-electron chi connectivity index (χ2n) is 3.35. The zero-order chi connectivity index (χ0) is 18.3. The molecule has 0 aliphatic carbocycles. The molecule has 2 rings (SSSR count). The first kappa shape index (κ1) is 24.7. The third-order valence-corrected chi connectivity index (χ3v) is 2.09. The Morgan fingerprint density at radius 2 is 0.870 bits per heavy atom. The van der Waals surface area contributed by atoms with Crippen LogP contribution in [0.5, 0.6) is 0 Å². The van der Waals surface area contributed by atoms with Gasteiger partial charge in [-0.3, -0.25) is 0 Å². The van der Waals surface area contributed by atoms with Gasteiger partial charge in [0.25, 0.3) is 0 Å². The Balaban J connectivity index is -0.000000339. The van der Waals surface area contributed by atoms with Gasteiger partial charge in [0.1, 0.15) is 0 Å². The molecule has 0 atom stereocenters. The normalized spacial score (nSPS) is 6.61. The van der Waals surface area contributed by atoms with Gasteiger partial charge in [0.15, 0.2) is 0 Å². The summed E-state index contributed by atoms with van der Waals surface area (Å²) in [6.45, 7) is 12.0. The van der Waals surface area contributed by atoms with E-state index in [4.69, 9.17) is 20.4 Å². The maximum Gasteiger partial charge on any atom is 0.231 e. The first-order valence-electron chi connectivity index (χ1n) is 6.44. The van der Waals surface area contributed by atoms with Gasteiger partial charge in [0.05, 0.1) is 0 Å². The molecular weight excluding hydrogens is 288 g/mol. The molecule has 2 aromatic rings. The maximum absolute atomic E-state index is 8.35. The van der Waals surface area contributed by atoms with Crippen molar-refractivity contribution in [3.05, 3.63) is 98.1 Å². The monoisotopic (exact) mass is 310 g/mol. The van der Waals surface area contributed by atoms with Crippen molar-refractivity contribution < 1.29 is 9.59 Å². The number of hydrogen-bond donors (Lipinski definition) is 2. The average Bonchev–Trinajstić information content (AvgIpc) is 2.62. The fourth-order valence-electron chi connectivity index (χ4n) is 1.43. The molecule has 0 bridgehead atoms. The van der Waals surface area contributed by atoms with E-state index >= 15 is 0 Å². The molecule has 0 saturated carbocycles. The van der Waals surface area contributed by atoms with Gasteiger partial charge in [0, 0.05) is 0 Å². The first-order valence-corrected chi connectivity index (χ1v) is 6.44. The van der Waals surface area contributed by atoms with Crippen molar-refractivity contribution in [1.29, 1.82) is 10.8 Å². The second-order valence-corrected chi connectivity index (χ2v) is 3.35. The lowest BCUT2D eigenvalue weighted by atomic mass is 10.1. The molecule has 0 aliphatic rings. The number of nitrogens with one attached hydrogen (secondary N) is 2. The minimum atomic E-state index is 0.750. The molecule has 23 heavy (non-hydrogen) atoms. The van der Waals surface area contributed by atoms with E-state index in [1.54, 1.807) is 0 Å². The van der Waals surface area contributed by atoms with Crippen molar-refractivity contribution in [3.63, 3.8) is 0 Å². The fraction of sp³-hybridized carbons (Fsp3) is 0.0526. The highest BCUT2D eigenvalue weighted by atomic mass is 16.1. The fourth-order valence-corrected chi connectivity index (χ4v) is 1.43. The summed E-state index contributed by atoms with van der Waals surface area (Å²) in [5.74, 6) is 0. The SMILES string of the molecule is C=C.C=C.N=C=O.N=C=O.c1ccc(Cc2ccccc2)cc1. The van der Waals surface area contributed by atoms with Crippen LogP contribution in [0.4, 0.5) is 0 Å². The summed E-state index contributed by atoms with van der Waals surface area (Å²) in [7, 11) is 0. The lowest BCUT2D eigenvalue weighted by molar-refractivity contribution is 0.562. The molecule has 0 heterocycles. The molecule has 0 aromatic heterocycles. The predicted octanol–water partition coefficient (Wildman–Crippen LogP) is 4.68. The zero-order valence-corrected chi connectivity index (χ0v) is 13.1. The highest BCUT2D eigenvalue weighted by Gasteiger charge is 1.92. The van der Waals surface area contributed by atoms with Crippen LogP contribution in [0.3, 0.4) is 0 Å². The van der Waals surface area contributed by atoms with Gasteiger partial charge in [-0.05, 0) is 17.5 Å². The summed E-state index contributed by atoms with van der Waals surface area (Å²) in [5.41, 5.74) is 2.74. The van der Waals surface area contributed by atoms with E-state index in [0.717, 1.165) is 18.6 Å². The molecule has 4 nitrogen and oxygen atoms in total. The van der Waals surface area contributed by atoms with E-state index in [2.05, 4.69) is 87.0 Å². The van der Waals surface area contributed by atoms with Crippen molar-refractivity contribution in [3.8, 4) is 0 Å². The Morgan fingerprint density at radius 1 is 0.652 bits per heavy atom. The van der Waals surface area contributed by atoms with E-state index in [1.807, 2.05) is 0 Å². The molecule has 120 valence electrons. The lowest BCUT2D eigenvalue weighted by Crippen LogP contribution is -1.85. The third kappa shape index (κ3) is 18.7. The summed E-state index contributed by atoms with van der Waals surface area (Å²) in [6, 6.07) is 21.1. The Bertz CT molecular complexity index is 491. The number of hydrogen-bond acceptors (Lipinski definition) is 4. The lowest BCUT2D eigenvalue weighted by Gasteiger charge is -2.00. The molecule has 0 spiro atoms. The van der Waals surface area contributed by atoms with Crippen molar-refractivity contribution in [2.24, 2.45) is 0 Å². The van der Waals surface area contributed by atoms with Gasteiger partial charge in [0.2, 0.25) is 12.2 Å². The Hall–Kier alpha value is -3.32. The van der Waals surface area contributed by atoms with Crippen LogP contribution < -0.4 is 0 Å². The minimum Gasteiger partial charge on any atom is -0.222 e. The summed E-state index contributed by atoms with van der Waals surface area (Å²) in [4.78, 5) is 16.7. The van der Waals surface area contributed by atoms with Gasteiger partial charge in [-0.25, -0.2) is 20.4 Å². The molecule has 2 aromatic carbocycles. The van der Waals surface area contributed by atoms with Crippen LogP contribution in [0, 0.1) is 10.8 Å². The predicted molar refractivity (Wildman–Crippen MR) is 95.0 cm³/mol. The van der Waals surface area contributed by atoms with Gasteiger partial charge in [-0.15, -0.1) is 26.3 Å². The van der Waals surface area contributed by atoms with Crippen molar-refractivity contribution in [1.82, 2.24) is 0 Å². The summed E-state index contributed by atoms with van der Waals surface area (Å²) in [6.07, 6.45) is 2.53. The third-order valence-electron chi connectivity index (χ3n) is 2.09. The second kappa shape index (κ2) is 23.7. The standard InChI is InChI=1S/C13H12.2C2H4.2CHNO/c1-3-7-12(8-4-1)11-13-9-5-2-6-10-13;2*1-2;2*2-1-3/h1-10H,11H2;2*1-2H2;2*2H. The molecular formula is C19H22N2O2. The highest BCUT2D eigenvalue weighted by Crippen LogP contribution is 2.07. The van der Waals surface area contributed by atoms with Crippen LogP contribution in [0.25, 0.3) is 0 Å². The minimum absolute atomic E-state index is 0.750. The van der Waals surface area contributed by atoms with Crippen LogP contribution in [-0.4, -0.2) is 12.2 Å². The Kier molecular flexibility index (Phi) is 25.5. The molecule has 2 N–H and O–H groups in total. The van der Waals surface area contributed by atoms with Crippen LogP contribution in [-0.2, 0) is 16.0 Å². The van der Waals surface area contributed by atoms with E-state index in [1.165, 1.54) is 11.1 Å². The quantitative estimate of drug-likeness (QED) is 0.479. The van der Waals surface area contributed by atoms with Crippen molar-refractivity contribution in [2.75, 3.05) is 0 Å². The number of isocyanates is 2. The van der Waals surface area contributed by atoms with Gasteiger partial charge >= 0.3 is 0 Å². The highest BCUT2D eigenvalue weighted by molar-refractivity contribution is 5.26. The van der Waals surface area contributed by atoms with Crippen molar-refractivity contribution >= 4 is 12.2 Å². The molecule has 0 amide bonds. The molecule has 0 fully saturated rings. The van der Waals surface area contributed by atoms with Crippen LogP contribution in [0.15, 0.2) is 87.0 Å². The maximum atomic E-state index is 8.35. The van der Waals surface area contributed by atoms with Crippen molar-refractivity contribution in [2.45, 2.75) is 6.42 Å². The number of rotatable bonds is 2. The summed E-state index contributed by atoms with van der Waals surface area (Å²) < 4.78 is 0. The van der Waals surface area contributed by atoms with E-state index < -0.39 is 0 Å². The van der Waals surface area contributed by atoms with E-state index in [9.17, 15) is 0 Å². The Labute approximate surface area is 137 Å². The van der Waals surface area contributed by atoms with Gasteiger partial charge < -0.3 is 0 Å². The van der Waals surface area contributed by atoms with Crippen LogP contribution in [0.2, 0.25) is 0 Å². The first-order chi connectivity index (χ1) is 11.3. The molecule has 0 radical (unpaired) electrons.